The van der Waals surface area contributed by atoms with E-state index in [2.05, 4.69) is 20.6 Å². The van der Waals surface area contributed by atoms with Crippen LogP contribution in [0, 0.1) is 0 Å². The fraction of sp³-hybridized carbons (Fsp3) is 0.125. The van der Waals surface area contributed by atoms with E-state index in [1.165, 1.54) is 4.68 Å². The first-order valence-electron chi connectivity index (χ1n) is 10.2. The van der Waals surface area contributed by atoms with E-state index in [-0.39, 0.29) is 24.7 Å². The maximum absolute atomic E-state index is 12.5. The van der Waals surface area contributed by atoms with Gasteiger partial charge in [0.05, 0.1) is 17.1 Å². The minimum absolute atomic E-state index is 0.0521. The molecule has 32 heavy (non-hydrogen) atoms. The average molecular weight is 426 g/mol. The molecule has 0 radical (unpaired) electrons. The maximum Gasteiger partial charge on any atom is 0.224 e. The minimum Gasteiger partial charge on any atom is -0.397 e. The van der Waals surface area contributed by atoms with Gasteiger partial charge in [-0.3, -0.25) is 14.6 Å². The molecular weight excluding hydrogens is 404 g/mol. The van der Waals surface area contributed by atoms with E-state index < -0.39 is 0 Å². The number of rotatable bonds is 8. The number of nitrogen functional groups attached to an aromatic ring is 1. The largest absolute Gasteiger partial charge is 0.397 e. The number of aromatic nitrogens is 4. The van der Waals surface area contributed by atoms with Crippen LogP contribution in [0.2, 0.25) is 0 Å². The zero-order chi connectivity index (χ0) is 22.3. The zero-order valence-electron chi connectivity index (χ0n) is 17.3. The van der Waals surface area contributed by atoms with Crippen molar-refractivity contribution in [3.63, 3.8) is 0 Å². The van der Waals surface area contributed by atoms with Crippen LogP contribution in [0.4, 0.5) is 11.4 Å². The summed E-state index contributed by atoms with van der Waals surface area (Å²) in [5, 5.41) is 10.9. The van der Waals surface area contributed by atoms with Gasteiger partial charge in [0.25, 0.3) is 0 Å². The Balaban J connectivity index is 1.33. The molecule has 0 aliphatic carbocycles. The first-order chi connectivity index (χ1) is 15.6. The van der Waals surface area contributed by atoms with E-state index in [9.17, 15) is 9.59 Å². The van der Waals surface area contributed by atoms with Crippen LogP contribution in [0.5, 0.6) is 0 Å². The quantitative estimate of drug-likeness (QED) is 0.330. The van der Waals surface area contributed by atoms with Crippen molar-refractivity contribution in [3.8, 4) is 11.1 Å². The Labute approximate surface area is 185 Å². The third-order valence-electron chi connectivity index (χ3n) is 4.92. The van der Waals surface area contributed by atoms with Crippen molar-refractivity contribution in [2.75, 3.05) is 11.1 Å². The predicted molar refractivity (Wildman–Crippen MR) is 122 cm³/mol. The van der Waals surface area contributed by atoms with Crippen molar-refractivity contribution in [2.24, 2.45) is 0 Å². The summed E-state index contributed by atoms with van der Waals surface area (Å²) in [6.07, 6.45) is 5.75. The van der Waals surface area contributed by atoms with Gasteiger partial charge in [-0.1, -0.05) is 47.7 Å². The normalized spacial score (nSPS) is 10.6. The van der Waals surface area contributed by atoms with E-state index in [1.807, 2.05) is 42.5 Å². The van der Waals surface area contributed by atoms with E-state index >= 15 is 0 Å². The number of benzene rings is 2. The average Bonchev–Trinajstić information content (AvgIpc) is 3.27. The smallest absolute Gasteiger partial charge is 0.224 e. The van der Waals surface area contributed by atoms with E-state index in [1.54, 1.807) is 36.8 Å². The molecule has 4 aromatic rings. The number of carbonyl (C=O) groups is 2. The second kappa shape index (κ2) is 9.65. The maximum atomic E-state index is 12.5. The summed E-state index contributed by atoms with van der Waals surface area (Å²) < 4.78 is 1.48. The van der Waals surface area contributed by atoms with Gasteiger partial charge in [-0.05, 0) is 23.8 Å². The van der Waals surface area contributed by atoms with Crippen molar-refractivity contribution in [2.45, 2.75) is 19.4 Å². The molecule has 0 atom stereocenters. The lowest BCUT2D eigenvalue weighted by Crippen LogP contribution is -2.14. The lowest BCUT2D eigenvalue weighted by molar-refractivity contribution is -0.116. The fourth-order valence-electron chi connectivity index (χ4n) is 3.22. The second-order valence-electron chi connectivity index (χ2n) is 7.29. The van der Waals surface area contributed by atoms with Gasteiger partial charge < -0.3 is 11.1 Å². The number of carbonyl (C=O) groups excluding carboxylic acids is 2. The highest BCUT2D eigenvalue weighted by molar-refractivity contribution is 5.96. The highest BCUT2D eigenvalue weighted by Crippen LogP contribution is 2.27. The molecule has 160 valence electrons. The van der Waals surface area contributed by atoms with Crippen molar-refractivity contribution >= 4 is 23.1 Å². The Bertz CT molecular complexity index is 1220. The number of aryl methyl sites for hydroxylation is 1. The molecule has 8 heteroatoms. The third-order valence-corrected chi connectivity index (χ3v) is 4.92. The zero-order valence-corrected chi connectivity index (χ0v) is 17.3. The van der Waals surface area contributed by atoms with Gasteiger partial charge in [0, 0.05) is 42.6 Å². The number of pyridine rings is 1. The molecule has 1 amide bonds. The molecule has 0 bridgehead atoms. The van der Waals surface area contributed by atoms with Crippen molar-refractivity contribution in [1.29, 1.82) is 0 Å². The highest BCUT2D eigenvalue weighted by atomic mass is 16.1. The highest BCUT2D eigenvalue weighted by Gasteiger charge is 2.11. The lowest BCUT2D eigenvalue weighted by Gasteiger charge is -2.10. The number of nitrogens with one attached hydrogen (secondary N) is 1. The monoisotopic (exact) mass is 426 g/mol. The number of nitrogens with two attached hydrogens (primary N) is 1. The first-order valence-corrected chi connectivity index (χ1v) is 10.2. The van der Waals surface area contributed by atoms with Crippen LogP contribution in [0.15, 0.2) is 79.3 Å². The molecule has 0 aliphatic rings. The van der Waals surface area contributed by atoms with Gasteiger partial charge in [0.15, 0.2) is 5.78 Å². The third kappa shape index (κ3) is 5.23. The number of ketones is 1. The van der Waals surface area contributed by atoms with Crippen molar-refractivity contribution in [1.82, 2.24) is 20.0 Å². The summed E-state index contributed by atoms with van der Waals surface area (Å²) in [5.74, 6) is -0.237. The molecule has 4 rings (SSSR count). The lowest BCUT2D eigenvalue weighted by atomic mass is 10.1. The number of hydrogen-bond donors (Lipinski definition) is 2. The van der Waals surface area contributed by atoms with Crippen molar-refractivity contribution in [3.05, 3.63) is 90.5 Å². The molecule has 2 aromatic heterocycles. The molecule has 0 unspecified atom stereocenters. The van der Waals surface area contributed by atoms with Gasteiger partial charge in [-0.25, -0.2) is 4.68 Å². The molecule has 0 aliphatic heterocycles. The number of nitrogens with zero attached hydrogens (tertiary/aromatic N) is 4. The van der Waals surface area contributed by atoms with E-state index in [0.29, 0.717) is 29.1 Å². The van der Waals surface area contributed by atoms with Crippen LogP contribution in [-0.4, -0.2) is 31.7 Å². The SMILES string of the molecule is Nc1ccc(-c2cccnc2)cc1NC(=O)CCc1cn(CC(=O)c2ccccc2)nn1. The molecule has 0 saturated carbocycles. The van der Waals surface area contributed by atoms with E-state index in [0.717, 1.165) is 11.1 Å². The predicted octanol–water partition coefficient (Wildman–Crippen LogP) is 3.38. The molecule has 0 spiro atoms. The molecule has 0 saturated heterocycles. The molecule has 2 aromatic carbocycles. The van der Waals surface area contributed by atoms with Crippen LogP contribution in [0.3, 0.4) is 0 Å². The molecule has 0 fully saturated rings. The fourth-order valence-corrected chi connectivity index (χ4v) is 3.22. The number of Topliss-reactive ketones (excluding diaryl/α,β-unsaturated/α-hetero) is 1. The number of anilines is 2. The van der Waals surface area contributed by atoms with Gasteiger partial charge in [-0.15, -0.1) is 5.10 Å². The van der Waals surface area contributed by atoms with Crippen LogP contribution in [-0.2, 0) is 17.8 Å². The summed E-state index contributed by atoms with van der Waals surface area (Å²) in [6.45, 7) is 0.0981. The Morgan fingerprint density at radius 1 is 1.00 bits per heavy atom. The van der Waals surface area contributed by atoms with Gasteiger partial charge in [0.2, 0.25) is 5.91 Å². The molecule has 2 heterocycles. The van der Waals surface area contributed by atoms with Gasteiger partial charge in [0.1, 0.15) is 6.54 Å². The summed E-state index contributed by atoms with van der Waals surface area (Å²) in [4.78, 5) is 28.9. The minimum atomic E-state index is -0.185. The summed E-state index contributed by atoms with van der Waals surface area (Å²) >= 11 is 0. The van der Waals surface area contributed by atoms with Crippen LogP contribution in [0.25, 0.3) is 11.1 Å². The summed E-state index contributed by atoms with van der Waals surface area (Å²) in [6, 6.07) is 18.3. The first kappa shape index (κ1) is 20.9. The molecule has 8 nitrogen and oxygen atoms in total. The number of hydrogen-bond acceptors (Lipinski definition) is 6. The van der Waals surface area contributed by atoms with Crippen LogP contribution >= 0.6 is 0 Å². The molecular formula is C24H22N6O2. The number of amides is 1. The Morgan fingerprint density at radius 2 is 1.84 bits per heavy atom. The Kier molecular flexibility index (Phi) is 6.31. The van der Waals surface area contributed by atoms with Crippen molar-refractivity contribution < 1.29 is 9.59 Å². The Morgan fingerprint density at radius 3 is 2.62 bits per heavy atom. The topological polar surface area (TPSA) is 116 Å². The second-order valence-corrected chi connectivity index (χ2v) is 7.29. The van der Waals surface area contributed by atoms with Crippen LogP contribution < -0.4 is 11.1 Å². The van der Waals surface area contributed by atoms with E-state index in [4.69, 9.17) is 5.73 Å². The van der Waals surface area contributed by atoms with Gasteiger partial charge >= 0.3 is 0 Å². The summed E-state index contributed by atoms with van der Waals surface area (Å²) in [7, 11) is 0. The summed E-state index contributed by atoms with van der Waals surface area (Å²) in [5.41, 5.74) is 10.2. The van der Waals surface area contributed by atoms with Gasteiger partial charge in [-0.2, -0.15) is 0 Å². The standard InChI is InChI=1S/C24H22N6O2/c25-21-10-8-18(19-7-4-12-26-14-19)13-22(21)27-24(32)11-9-20-15-30(29-28-20)16-23(31)17-5-2-1-3-6-17/h1-8,10,12-15H,9,11,16,25H2,(H,27,32). The Hall–Kier alpha value is -4.33. The van der Waals surface area contributed by atoms with Crippen LogP contribution in [0.1, 0.15) is 22.5 Å². The molecule has 3 N–H and O–H groups in total.